The van der Waals surface area contributed by atoms with Crippen molar-refractivity contribution >= 4 is 0 Å². The van der Waals surface area contributed by atoms with E-state index in [1.807, 2.05) is 6.92 Å². The van der Waals surface area contributed by atoms with E-state index in [0.29, 0.717) is 19.3 Å². The van der Waals surface area contributed by atoms with Crippen LogP contribution in [0.3, 0.4) is 0 Å². The van der Waals surface area contributed by atoms with Crippen LogP contribution in [0.4, 0.5) is 0 Å². The number of aliphatic hydroxyl groups is 1. The van der Waals surface area contributed by atoms with E-state index in [0.717, 1.165) is 32.6 Å². The average Bonchev–Trinajstić information content (AvgIpc) is 2.38. The van der Waals surface area contributed by atoms with Gasteiger partial charge in [-0.25, -0.2) is 0 Å². The standard InChI is InChI=1S/C14H30N2O2/c1-3-9-16(11-14(17)12-18-4-2)10-13-7-5-6-8-15-13/h13-15,17H,3-12H2,1-2H3. The van der Waals surface area contributed by atoms with E-state index in [2.05, 4.69) is 17.1 Å². The molecule has 4 nitrogen and oxygen atoms in total. The fourth-order valence-electron chi connectivity index (χ4n) is 2.57. The Morgan fingerprint density at radius 1 is 1.39 bits per heavy atom. The molecule has 2 atom stereocenters. The minimum Gasteiger partial charge on any atom is -0.389 e. The first-order chi connectivity index (χ1) is 8.76. The molecule has 4 heteroatoms. The fraction of sp³-hybridized carbons (Fsp3) is 1.00. The molecule has 0 radical (unpaired) electrons. The summed E-state index contributed by atoms with van der Waals surface area (Å²) in [7, 11) is 0. The predicted molar refractivity (Wildman–Crippen MR) is 74.9 cm³/mol. The highest BCUT2D eigenvalue weighted by molar-refractivity contribution is 4.77. The highest BCUT2D eigenvalue weighted by atomic mass is 16.5. The molecule has 18 heavy (non-hydrogen) atoms. The molecule has 2 unspecified atom stereocenters. The second kappa shape index (κ2) is 9.73. The van der Waals surface area contributed by atoms with Crippen molar-refractivity contribution in [1.82, 2.24) is 10.2 Å². The molecule has 1 aliphatic heterocycles. The monoisotopic (exact) mass is 258 g/mol. The second-order valence-corrected chi connectivity index (χ2v) is 5.22. The first kappa shape index (κ1) is 15.9. The second-order valence-electron chi connectivity index (χ2n) is 5.22. The summed E-state index contributed by atoms with van der Waals surface area (Å²) in [6.07, 6.45) is 4.67. The molecule has 1 heterocycles. The number of hydrogen-bond donors (Lipinski definition) is 2. The van der Waals surface area contributed by atoms with Crippen molar-refractivity contribution in [2.45, 2.75) is 51.7 Å². The van der Waals surface area contributed by atoms with Crippen molar-refractivity contribution < 1.29 is 9.84 Å². The maximum absolute atomic E-state index is 9.92. The zero-order valence-corrected chi connectivity index (χ0v) is 12.0. The Hall–Kier alpha value is -0.160. The van der Waals surface area contributed by atoms with E-state index in [1.165, 1.54) is 19.3 Å². The lowest BCUT2D eigenvalue weighted by molar-refractivity contribution is 0.0189. The lowest BCUT2D eigenvalue weighted by Gasteiger charge is -2.31. The third-order valence-corrected chi connectivity index (χ3v) is 3.41. The first-order valence-corrected chi connectivity index (χ1v) is 7.47. The third kappa shape index (κ3) is 6.69. The van der Waals surface area contributed by atoms with Crippen LogP contribution < -0.4 is 5.32 Å². The molecule has 1 saturated heterocycles. The molecular weight excluding hydrogens is 228 g/mol. The van der Waals surface area contributed by atoms with Crippen LogP contribution in [0.5, 0.6) is 0 Å². The summed E-state index contributed by atoms with van der Waals surface area (Å²) >= 11 is 0. The summed E-state index contributed by atoms with van der Waals surface area (Å²) in [5, 5.41) is 13.5. The highest BCUT2D eigenvalue weighted by Crippen LogP contribution is 2.09. The van der Waals surface area contributed by atoms with E-state index in [1.54, 1.807) is 0 Å². The zero-order chi connectivity index (χ0) is 13.2. The SMILES string of the molecule is CCCN(CC(O)COCC)CC1CCCCN1. The molecule has 0 aromatic heterocycles. The molecule has 2 N–H and O–H groups in total. The Balaban J connectivity index is 2.28. The molecule has 108 valence electrons. The minimum atomic E-state index is -0.361. The summed E-state index contributed by atoms with van der Waals surface area (Å²) < 4.78 is 5.27. The van der Waals surface area contributed by atoms with Crippen LogP contribution in [0.15, 0.2) is 0 Å². The van der Waals surface area contributed by atoms with Crippen molar-refractivity contribution in [2.75, 3.05) is 39.4 Å². The van der Waals surface area contributed by atoms with Gasteiger partial charge in [0.1, 0.15) is 0 Å². The number of hydrogen-bond acceptors (Lipinski definition) is 4. The van der Waals surface area contributed by atoms with Gasteiger partial charge >= 0.3 is 0 Å². The smallest absolute Gasteiger partial charge is 0.0900 e. The molecule has 0 bridgehead atoms. The summed E-state index contributed by atoms with van der Waals surface area (Å²) in [4.78, 5) is 2.37. The maximum Gasteiger partial charge on any atom is 0.0900 e. The number of rotatable bonds is 9. The normalized spacial score (nSPS) is 22.3. The van der Waals surface area contributed by atoms with E-state index in [9.17, 15) is 5.11 Å². The molecule has 1 fully saturated rings. The number of nitrogens with one attached hydrogen (secondary N) is 1. The van der Waals surface area contributed by atoms with Gasteiger partial charge in [-0.15, -0.1) is 0 Å². The van der Waals surface area contributed by atoms with Gasteiger partial charge < -0.3 is 15.2 Å². The average molecular weight is 258 g/mol. The predicted octanol–water partition coefficient (Wildman–Crippen LogP) is 1.24. The Labute approximate surface area is 112 Å². The van der Waals surface area contributed by atoms with E-state index < -0.39 is 0 Å². The fourth-order valence-corrected chi connectivity index (χ4v) is 2.57. The van der Waals surface area contributed by atoms with Gasteiger partial charge in [0.25, 0.3) is 0 Å². The van der Waals surface area contributed by atoms with Crippen molar-refractivity contribution in [3.63, 3.8) is 0 Å². The summed E-state index contributed by atoms with van der Waals surface area (Å²) in [5.74, 6) is 0. The van der Waals surface area contributed by atoms with E-state index in [-0.39, 0.29) is 6.10 Å². The van der Waals surface area contributed by atoms with Gasteiger partial charge in [0.05, 0.1) is 12.7 Å². The summed E-state index contributed by atoms with van der Waals surface area (Å²) in [6.45, 7) is 9.26. The molecular formula is C14H30N2O2. The van der Waals surface area contributed by atoms with E-state index in [4.69, 9.17) is 4.74 Å². The quantitative estimate of drug-likeness (QED) is 0.653. The van der Waals surface area contributed by atoms with Crippen LogP contribution in [-0.2, 0) is 4.74 Å². The Bertz CT molecular complexity index is 196. The topological polar surface area (TPSA) is 44.7 Å². The van der Waals surface area contributed by atoms with Crippen LogP contribution in [0.2, 0.25) is 0 Å². The maximum atomic E-state index is 9.92. The minimum absolute atomic E-state index is 0.361. The Morgan fingerprint density at radius 2 is 2.22 bits per heavy atom. The highest BCUT2D eigenvalue weighted by Gasteiger charge is 2.18. The van der Waals surface area contributed by atoms with Crippen molar-refractivity contribution in [3.05, 3.63) is 0 Å². The Morgan fingerprint density at radius 3 is 2.83 bits per heavy atom. The van der Waals surface area contributed by atoms with Crippen LogP contribution in [0.1, 0.15) is 39.5 Å². The number of piperidine rings is 1. The van der Waals surface area contributed by atoms with Crippen LogP contribution in [0, 0.1) is 0 Å². The Kier molecular flexibility index (Phi) is 8.59. The summed E-state index contributed by atoms with van der Waals surface area (Å²) in [6, 6.07) is 0.601. The number of ether oxygens (including phenoxy) is 1. The van der Waals surface area contributed by atoms with Gasteiger partial charge in [-0.3, -0.25) is 4.90 Å². The largest absolute Gasteiger partial charge is 0.389 e. The lowest BCUT2D eigenvalue weighted by Crippen LogP contribution is -2.46. The van der Waals surface area contributed by atoms with Crippen molar-refractivity contribution in [3.8, 4) is 0 Å². The van der Waals surface area contributed by atoms with Crippen LogP contribution in [0.25, 0.3) is 0 Å². The van der Waals surface area contributed by atoms with Crippen molar-refractivity contribution in [1.29, 1.82) is 0 Å². The number of nitrogens with zero attached hydrogens (tertiary/aromatic N) is 1. The third-order valence-electron chi connectivity index (χ3n) is 3.41. The van der Waals surface area contributed by atoms with Crippen LogP contribution in [-0.4, -0.2) is 61.5 Å². The summed E-state index contributed by atoms with van der Waals surface area (Å²) in [5.41, 5.74) is 0. The first-order valence-electron chi connectivity index (χ1n) is 7.47. The van der Waals surface area contributed by atoms with Gasteiger partial charge in [-0.1, -0.05) is 13.3 Å². The molecule has 0 spiro atoms. The van der Waals surface area contributed by atoms with Crippen molar-refractivity contribution in [2.24, 2.45) is 0 Å². The molecule has 0 aliphatic carbocycles. The molecule has 0 amide bonds. The van der Waals surface area contributed by atoms with Gasteiger partial charge in [-0.2, -0.15) is 0 Å². The molecule has 1 rings (SSSR count). The van der Waals surface area contributed by atoms with Crippen LogP contribution >= 0.6 is 0 Å². The lowest BCUT2D eigenvalue weighted by atomic mass is 10.0. The van der Waals surface area contributed by atoms with Gasteiger partial charge in [-0.05, 0) is 39.3 Å². The molecule has 0 aromatic carbocycles. The van der Waals surface area contributed by atoms with Gasteiger partial charge in [0.2, 0.25) is 0 Å². The van der Waals surface area contributed by atoms with Gasteiger partial charge in [0, 0.05) is 25.7 Å². The zero-order valence-electron chi connectivity index (χ0n) is 12.0. The number of aliphatic hydroxyl groups excluding tert-OH is 1. The van der Waals surface area contributed by atoms with E-state index >= 15 is 0 Å². The molecule has 1 aliphatic rings. The molecule has 0 aromatic rings. The van der Waals surface area contributed by atoms with Gasteiger partial charge in [0.15, 0.2) is 0 Å². The molecule has 0 saturated carbocycles.